The molecule has 40 heavy (non-hydrogen) atoms. The molecule has 1 saturated heterocycles. The number of amides is 2. The Morgan fingerprint density at radius 2 is 1.62 bits per heavy atom. The topological polar surface area (TPSA) is 110 Å². The largest absolute Gasteiger partial charge is 0.497 e. The molecule has 0 aliphatic carbocycles. The van der Waals surface area contributed by atoms with E-state index in [9.17, 15) is 9.59 Å². The van der Waals surface area contributed by atoms with Crippen LogP contribution >= 0.6 is 11.8 Å². The van der Waals surface area contributed by atoms with E-state index in [-0.39, 0.29) is 24.2 Å². The molecule has 4 aromatic rings. The van der Waals surface area contributed by atoms with Gasteiger partial charge in [0.05, 0.1) is 12.9 Å². The molecule has 10 nitrogen and oxygen atoms in total. The second-order valence-corrected chi connectivity index (χ2v) is 9.88. The number of anilines is 2. The lowest BCUT2D eigenvalue weighted by Gasteiger charge is -2.36. The first-order chi connectivity index (χ1) is 19.6. The zero-order chi connectivity index (χ0) is 27.7. The number of thioether (sulfide) groups is 1. The highest BCUT2D eigenvalue weighted by atomic mass is 32.2. The first kappa shape index (κ1) is 27.1. The molecule has 5 rings (SSSR count). The number of ether oxygens (including phenoxy) is 2. The normalized spacial score (nSPS) is 13.1. The highest BCUT2D eigenvalue weighted by Crippen LogP contribution is 2.22. The van der Waals surface area contributed by atoms with E-state index in [4.69, 9.17) is 13.9 Å². The third kappa shape index (κ3) is 7.11. The fraction of sp³-hybridized carbons (Fsp3) is 0.241. The number of nitrogens with zero attached hydrogens (tertiary/aromatic N) is 4. The van der Waals surface area contributed by atoms with E-state index < -0.39 is 0 Å². The minimum absolute atomic E-state index is 0.0236. The predicted molar refractivity (Wildman–Crippen MR) is 152 cm³/mol. The molecule has 11 heteroatoms. The van der Waals surface area contributed by atoms with Crippen LogP contribution in [0.1, 0.15) is 16.2 Å². The van der Waals surface area contributed by atoms with Crippen LogP contribution in [0.4, 0.5) is 11.4 Å². The number of rotatable bonds is 10. The summed E-state index contributed by atoms with van der Waals surface area (Å²) < 4.78 is 16.3. The molecule has 0 unspecified atom stereocenters. The van der Waals surface area contributed by atoms with Gasteiger partial charge in [0, 0.05) is 43.1 Å². The summed E-state index contributed by atoms with van der Waals surface area (Å²) in [6.45, 7) is 2.89. The fourth-order valence-electron chi connectivity index (χ4n) is 4.18. The average molecular weight is 560 g/mol. The molecule has 1 aliphatic rings. The summed E-state index contributed by atoms with van der Waals surface area (Å²) in [5, 5.41) is 11.1. The van der Waals surface area contributed by atoms with Crippen LogP contribution in [0.15, 0.2) is 88.5 Å². The fourth-order valence-corrected chi connectivity index (χ4v) is 4.76. The van der Waals surface area contributed by atoms with E-state index in [0.717, 1.165) is 36.3 Å². The number of nitrogens with one attached hydrogen (secondary N) is 1. The van der Waals surface area contributed by atoms with E-state index >= 15 is 0 Å². The average Bonchev–Trinajstić information content (AvgIpc) is 3.48. The summed E-state index contributed by atoms with van der Waals surface area (Å²) in [7, 11) is 1.60. The first-order valence-corrected chi connectivity index (χ1v) is 13.8. The van der Waals surface area contributed by atoms with Gasteiger partial charge in [0.15, 0.2) is 6.61 Å². The van der Waals surface area contributed by atoms with Crippen molar-refractivity contribution in [3.8, 4) is 11.5 Å². The van der Waals surface area contributed by atoms with Crippen LogP contribution in [0.3, 0.4) is 0 Å². The zero-order valence-corrected chi connectivity index (χ0v) is 22.8. The number of hydrogen-bond donors (Lipinski definition) is 1. The molecule has 3 aromatic carbocycles. The van der Waals surface area contributed by atoms with E-state index in [1.165, 1.54) is 0 Å². The van der Waals surface area contributed by atoms with Gasteiger partial charge in [-0.15, -0.1) is 10.2 Å². The minimum Gasteiger partial charge on any atom is -0.497 e. The summed E-state index contributed by atoms with van der Waals surface area (Å²) in [6, 6.07) is 24.2. The van der Waals surface area contributed by atoms with Crippen LogP contribution in [0, 0.1) is 0 Å². The second kappa shape index (κ2) is 13.0. The van der Waals surface area contributed by atoms with Crippen LogP contribution in [0.5, 0.6) is 11.5 Å². The van der Waals surface area contributed by atoms with Crippen molar-refractivity contribution in [3.05, 3.63) is 90.3 Å². The molecule has 1 aromatic heterocycles. The monoisotopic (exact) mass is 559 g/mol. The highest BCUT2D eigenvalue weighted by molar-refractivity contribution is 7.99. The van der Waals surface area contributed by atoms with Gasteiger partial charge in [-0.25, -0.2) is 0 Å². The van der Waals surface area contributed by atoms with Gasteiger partial charge in [-0.05, 0) is 60.7 Å². The summed E-state index contributed by atoms with van der Waals surface area (Å²) in [5.74, 6) is 1.76. The number of carbonyl (C=O) groups is 2. The van der Waals surface area contributed by atoms with Crippen molar-refractivity contribution in [1.82, 2.24) is 15.1 Å². The SMILES string of the molecule is COc1ccc(C(=O)N2CCN(c3ccc(NC(=O)CSc4nnc(COc5ccccc5)o4)cc3)CC2)cc1. The Kier molecular flexibility index (Phi) is 8.82. The maximum atomic E-state index is 12.8. The molecule has 0 spiro atoms. The first-order valence-electron chi connectivity index (χ1n) is 12.8. The summed E-state index contributed by atoms with van der Waals surface area (Å²) in [5.41, 5.74) is 2.40. The van der Waals surface area contributed by atoms with Gasteiger partial charge >= 0.3 is 0 Å². The van der Waals surface area contributed by atoms with Crippen LogP contribution in [0.25, 0.3) is 0 Å². The molecular formula is C29H29N5O5S. The van der Waals surface area contributed by atoms with Crippen LogP contribution in [-0.2, 0) is 11.4 Å². The van der Waals surface area contributed by atoms with Crippen molar-refractivity contribution in [2.45, 2.75) is 11.8 Å². The predicted octanol–water partition coefficient (Wildman–Crippen LogP) is 4.35. The van der Waals surface area contributed by atoms with Gasteiger partial charge in [-0.3, -0.25) is 9.59 Å². The van der Waals surface area contributed by atoms with Crippen molar-refractivity contribution >= 4 is 35.0 Å². The number of carbonyl (C=O) groups excluding carboxylic acids is 2. The number of piperazine rings is 1. The van der Waals surface area contributed by atoms with Gasteiger partial charge in [-0.2, -0.15) is 0 Å². The molecule has 1 N–H and O–H groups in total. The maximum Gasteiger partial charge on any atom is 0.277 e. The van der Waals surface area contributed by atoms with Crippen LogP contribution in [-0.4, -0.2) is 66.0 Å². The Labute approximate surface area is 236 Å². The number of benzene rings is 3. The molecule has 0 atom stereocenters. The van der Waals surface area contributed by atoms with E-state index in [2.05, 4.69) is 20.4 Å². The van der Waals surface area contributed by atoms with Gasteiger partial charge in [0.2, 0.25) is 5.91 Å². The summed E-state index contributed by atoms with van der Waals surface area (Å²) >= 11 is 1.16. The third-order valence-electron chi connectivity index (χ3n) is 6.30. The molecule has 1 aliphatic heterocycles. The molecule has 0 radical (unpaired) electrons. The van der Waals surface area contributed by atoms with Crippen molar-refractivity contribution < 1.29 is 23.5 Å². The van der Waals surface area contributed by atoms with Gasteiger partial charge in [0.25, 0.3) is 17.0 Å². The smallest absolute Gasteiger partial charge is 0.277 e. The Hall–Kier alpha value is -4.51. The quantitative estimate of drug-likeness (QED) is 0.284. The van der Waals surface area contributed by atoms with Gasteiger partial charge in [0.1, 0.15) is 11.5 Å². The molecule has 206 valence electrons. The Balaban J connectivity index is 1.04. The Morgan fingerprint density at radius 3 is 2.33 bits per heavy atom. The Bertz CT molecular complexity index is 1410. The zero-order valence-electron chi connectivity index (χ0n) is 22.0. The summed E-state index contributed by atoms with van der Waals surface area (Å²) in [4.78, 5) is 29.4. The lowest BCUT2D eigenvalue weighted by Crippen LogP contribution is -2.48. The minimum atomic E-state index is -0.177. The molecule has 0 bridgehead atoms. The van der Waals surface area contributed by atoms with E-state index in [0.29, 0.717) is 41.2 Å². The maximum absolute atomic E-state index is 12.8. The van der Waals surface area contributed by atoms with Crippen molar-refractivity contribution in [1.29, 1.82) is 0 Å². The number of hydrogen-bond acceptors (Lipinski definition) is 9. The third-order valence-corrected chi connectivity index (χ3v) is 7.12. The van der Waals surface area contributed by atoms with Crippen molar-refractivity contribution in [2.75, 3.05) is 49.3 Å². The number of methoxy groups -OCH3 is 1. The van der Waals surface area contributed by atoms with E-state index in [1.54, 1.807) is 31.4 Å². The summed E-state index contributed by atoms with van der Waals surface area (Å²) in [6.07, 6.45) is 0. The lowest BCUT2D eigenvalue weighted by atomic mass is 10.1. The lowest BCUT2D eigenvalue weighted by molar-refractivity contribution is -0.113. The molecule has 2 amide bonds. The van der Waals surface area contributed by atoms with Gasteiger partial charge in [-0.1, -0.05) is 30.0 Å². The van der Waals surface area contributed by atoms with Gasteiger partial charge < -0.3 is 29.0 Å². The second-order valence-electron chi connectivity index (χ2n) is 8.95. The van der Waals surface area contributed by atoms with Crippen LogP contribution in [0.2, 0.25) is 0 Å². The molecular weight excluding hydrogens is 530 g/mol. The van der Waals surface area contributed by atoms with Crippen molar-refractivity contribution in [3.63, 3.8) is 0 Å². The Morgan fingerprint density at radius 1 is 0.900 bits per heavy atom. The molecule has 2 heterocycles. The van der Waals surface area contributed by atoms with E-state index in [1.807, 2.05) is 59.5 Å². The molecule has 1 fully saturated rings. The number of para-hydroxylation sites is 1. The standard InChI is InChI=1S/C29H29N5O5S/c1-37-24-13-7-21(8-14-24)28(36)34-17-15-33(16-18-34)23-11-9-22(10-12-23)30-26(35)20-40-29-32-31-27(39-29)19-38-25-5-3-2-4-6-25/h2-14H,15-20H2,1H3,(H,30,35). The van der Waals surface area contributed by atoms with Crippen LogP contribution < -0.4 is 19.7 Å². The number of aromatic nitrogens is 2. The molecule has 0 saturated carbocycles. The highest BCUT2D eigenvalue weighted by Gasteiger charge is 2.22. The van der Waals surface area contributed by atoms with Crippen molar-refractivity contribution in [2.24, 2.45) is 0 Å².